The summed E-state index contributed by atoms with van der Waals surface area (Å²) in [5, 5.41) is 0. The van der Waals surface area contributed by atoms with Crippen LogP contribution in [0.1, 0.15) is 19.8 Å². The van der Waals surface area contributed by atoms with Gasteiger partial charge in [0.05, 0.1) is 0 Å². The Bertz CT molecular complexity index is 564. The largest absolute Gasteiger partial charge is 0.460 e. The van der Waals surface area contributed by atoms with Crippen molar-refractivity contribution < 1.29 is 79.0 Å². The lowest BCUT2D eigenvalue weighted by Crippen LogP contribution is -2.74. The predicted molar refractivity (Wildman–Crippen MR) is 63.4 cm³/mol. The molecular formula is C12H9F18N. The highest BCUT2D eigenvalue weighted by atomic mass is 19.4. The van der Waals surface area contributed by atoms with Crippen molar-refractivity contribution in [1.82, 2.24) is 4.90 Å². The zero-order chi connectivity index (χ0) is 25.7. The van der Waals surface area contributed by atoms with Crippen LogP contribution >= 0.6 is 0 Å². The van der Waals surface area contributed by atoms with Crippen molar-refractivity contribution in [3.05, 3.63) is 0 Å². The standard InChI is InChI=1S/C12H9F18N/c1-2-3-4-31(11(27,28)7(17,18)5(13,14)9(21,22)23)12(29,30)8(19,20)6(15,16)10(24,25)26/h2-4H2,1H3. The number of halogens is 18. The molecule has 0 aromatic carbocycles. The highest BCUT2D eigenvalue weighted by molar-refractivity contribution is 5.06. The summed E-state index contributed by atoms with van der Waals surface area (Å²) in [6.07, 6.45) is -17.4. The van der Waals surface area contributed by atoms with Crippen LogP contribution in [-0.4, -0.2) is 59.6 Å². The lowest BCUT2D eigenvalue weighted by Gasteiger charge is -2.45. The zero-order valence-electron chi connectivity index (χ0n) is 14.4. The first-order valence-electron chi connectivity index (χ1n) is 7.37. The molecule has 188 valence electrons. The normalized spacial score (nSPS) is 16.3. The third-order valence-corrected chi connectivity index (χ3v) is 3.67. The number of rotatable bonds is 9. The average molecular weight is 509 g/mol. The molecule has 19 heteroatoms. The van der Waals surface area contributed by atoms with E-state index in [4.69, 9.17) is 0 Å². The van der Waals surface area contributed by atoms with Crippen molar-refractivity contribution in [2.24, 2.45) is 0 Å². The molecule has 1 nitrogen and oxygen atoms in total. The Kier molecular flexibility index (Phi) is 7.60. The van der Waals surface area contributed by atoms with Crippen LogP contribution in [0, 0.1) is 0 Å². The van der Waals surface area contributed by atoms with Crippen LogP contribution < -0.4 is 0 Å². The van der Waals surface area contributed by atoms with Gasteiger partial charge in [0, 0.05) is 6.54 Å². The molecule has 0 aliphatic carbocycles. The van der Waals surface area contributed by atoms with Crippen molar-refractivity contribution in [2.75, 3.05) is 6.54 Å². The molecule has 0 N–H and O–H groups in total. The van der Waals surface area contributed by atoms with Crippen molar-refractivity contribution in [3.8, 4) is 0 Å². The fraction of sp³-hybridized carbons (Fsp3) is 1.00. The minimum Gasteiger partial charge on any atom is -0.191 e. The summed E-state index contributed by atoms with van der Waals surface area (Å²) in [6.45, 7) is -1.91. The van der Waals surface area contributed by atoms with E-state index in [0.29, 0.717) is 0 Å². The average Bonchev–Trinajstić information content (AvgIpc) is 2.51. The van der Waals surface area contributed by atoms with E-state index in [0.717, 1.165) is 6.92 Å². The van der Waals surface area contributed by atoms with Crippen LogP contribution in [-0.2, 0) is 0 Å². The molecule has 0 saturated heterocycles. The third-order valence-electron chi connectivity index (χ3n) is 3.67. The van der Waals surface area contributed by atoms with Crippen molar-refractivity contribution in [2.45, 2.75) is 67.9 Å². The molecule has 0 fully saturated rings. The second-order valence-corrected chi connectivity index (χ2v) is 5.88. The maximum Gasteiger partial charge on any atom is 0.460 e. The first-order valence-corrected chi connectivity index (χ1v) is 7.37. The number of hydrogen-bond acceptors (Lipinski definition) is 1. The molecule has 0 bridgehead atoms. The van der Waals surface area contributed by atoms with Gasteiger partial charge in [-0.2, -0.15) is 83.9 Å². The second kappa shape index (κ2) is 7.93. The Balaban J connectivity index is 6.89. The monoisotopic (exact) mass is 509 g/mol. The summed E-state index contributed by atoms with van der Waals surface area (Å²) < 4.78 is 232. The highest BCUT2D eigenvalue weighted by Crippen LogP contribution is 2.60. The lowest BCUT2D eigenvalue weighted by atomic mass is 10.0. The molecule has 0 amide bonds. The van der Waals surface area contributed by atoms with E-state index in [1.54, 1.807) is 0 Å². The van der Waals surface area contributed by atoms with Gasteiger partial charge in [-0.3, -0.25) is 0 Å². The smallest absolute Gasteiger partial charge is 0.191 e. The summed E-state index contributed by atoms with van der Waals surface area (Å²) >= 11 is 0. The molecule has 0 aliphatic rings. The van der Waals surface area contributed by atoms with E-state index in [2.05, 4.69) is 0 Å². The second-order valence-electron chi connectivity index (χ2n) is 5.88. The predicted octanol–water partition coefficient (Wildman–Crippen LogP) is 6.94. The fourth-order valence-corrected chi connectivity index (χ4v) is 1.85. The van der Waals surface area contributed by atoms with Gasteiger partial charge in [-0.05, 0) is 6.42 Å². The number of unbranched alkanes of at least 4 members (excludes halogenated alkanes) is 1. The number of nitrogens with zero attached hydrogens (tertiary/aromatic N) is 1. The van der Waals surface area contributed by atoms with Gasteiger partial charge in [-0.25, -0.2) is 0 Å². The van der Waals surface area contributed by atoms with Gasteiger partial charge in [0.2, 0.25) is 0 Å². The summed E-state index contributed by atoms with van der Waals surface area (Å²) in [4.78, 5) is -3.22. The minimum atomic E-state index is -8.03. The first kappa shape index (κ1) is 29.7. The van der Waals surface area contributed by atoms with Crippen LogP contribution in [0.25, 0.3) is 0 Å². The Hall–Kier alpha value is -1.30. The summed E-state index contributed by atoms with van der Waals surface area (Å²) in [5.41, 5.74) is 0. The van der Waals surface area contributed by atoms with E-state index in [9.17, 15) is 79.0 Å². The van der Waals surface area contributed by atoms with Crippen LogP contribution in [0.5, 0.6) is 0 Å². The fourth-order valence-electron chi connectivity index (χ4n) is 1.85. The van der Waals surface area contributed by atoms with Crippen LogP contribution in [0.2, 0.25) is 0 Å². The third kappa shape index (κ3) is 4.34. The van der Waals surface area contributed by atoms with E-state index < -0.39 is 72.4 Å². The van der Waals surface area contributed by atoms with Gasteiger partial charge >= 0.3 is 48.1 Å². The Labute approximate surface area is 159 Å². The molecule has 0 spiro atoms. The molecule has 0 heterocycles. The van der Waals surface area contributed by atoms with Gasteiger partial charge in [0.25, 0.3) is 0 Å². The zero-order valence-corrected chi connectivity index (χ0v) is 14.4. The highest BCUT2D eigenvalue weighted by Gasteiger charge is 2.89. The van der Waals surface area contributed by atoms with Gasteiger partial charge < -0.3 is 0 Å². The summed E-state index contributed by atoms with van der Waals surface area (Å²) in [5.74, 6) is -31.9. The van der Waals surface area contributed by atoms with Crippen LogP contribution in [0.15, 0.2) is 0 Å². The molecule has 31 heavy (non-hydrogen) atoms. The van der Waals surface area contributed by atoms with E-state index >= 15 is 0 Å². The first-order chi connectivity index (χ1) is 13.2. The van der Waals surface area contributed by atoms with Crippen molar-refractivity contribution in [3.63, 3.8) is 0 Å². The van der Waals surface area contributed by atoms with E-state index in [-0.39, 0.29) is 0 Å². The van der Waals surface area contributed by atoms with Gasteiger partial charge in [-0.15, -0.1) is 0 Å². The molecule has 0 radical (unpaired) electrons. The van der Waals surface area contributed by atoms with Gasteiger partial charge in [0.15, 0.2) is 0 Å². The maximum atomic E-state index is 13.8. The molecule has 0 aromatic rings. The Morgan fingerprint density at radius 3 is 0.903 bits per heavy atom. The summed E-state index contributed by atoms with van der Waals surface area (Å²) in [6, 6.07) is -15.4. The number of hydrogen-bond donors (Lipinski definition) is 0. The molecule has 0 saturated carbocycles. The maximum absolute atomic E-state index is 13.8. The van der Waals surface area contributed by atoms with Crippen molar-refractivity contribution in [1.29, 1.82) is 0 Å². The SMILES string of the molecule is CCCCN(C(F)(F)C(F)(F)C(F)(F)C(F)(F)F)C(F)(F)C(F)(F)C(F)(F)C(F)(F)F. The minimum absolute atomic E-state index is 0.745. The van der Waals surface area contributed by atoms with Gasteiger partial charge in [0.1, 0.15) is 0 Å². The lowest BCUT2D eigenvalue weighted by molar-refractivity contribution is -0.472. The van der Waals surface area contributed by atoms with Gasteiger partial charge in [-0.1, -0.05) is 13.3 Å². The molecule has 0 rings (SSSR count). The summed E-state index contributed by atoms with van der Waals surface area (Å²) in [7, 11) is 0. The Morgan fingerprint density at radius 2 is 0.710 bits per heavy atom. The molecular weight excluding hydrogens is 500 g/mol. The van der Waals surface area contributed by atoms with Crippen LogP contribution in [0.3, 0.4) is 0 Å². The molecule has 0 atom stereocenters. The molecule has 0 aromatic heterocycles. The van der Waals surface area contributed by atoms with Crippen molar-refractivity contribution >= 4 is 0 Å². The van der Waals surface area contributed by atoms with Crippen LogP contribution in [0.4, 0.5) is 79.0 Å². The topological polar surface area (TPSA) is 3.24 Å². The van der Waals surface area contributed by atoms with E-state index in [1.807, 2.05) is 0 Å². The van der Waals surface area contributed by atoms with E-state index in [1.165, 1.54) is 0 Å². The molecule has 0 unspecified atom stereocenters. The quantitative estimate of drug-likeness (QED) is 0.241. The Morgan fingerprint density at radius 1 is 0.452 bits per heavy atom. The molecule has 0 aliphatic heterocycles. The number of alkyl halides is 18.